The average molecular weight is 481 g/mol. The van der Waals surface area contributed by atoms with Crippen LogP contribution in [0.15, 0.2) is 58.3 Å². The van der Waals surface area contributed by atoms with Crippen molar-refractivity contribution in [2.24, 2.45) is 0 Å². The third-order valence-corrected chi connectivity index (χ3v) is 7.44. The Kier molecular flexibility index (Phi) is 6.63. The second-order valence-corrected chi connectivity index (χ2v) is 9.78. The standard InChI is InChI=1S/C24H24N4O3S2/c29-21(25-12-17-3-1-4-18(11-17)13-27-6-8-31-9-7-27)14-28-16-26-23-22(24(28)30)19(15-33-23)20-5-2-10-32-20/h1-5,10-11,15-16H,6-9,12-14H2,(H,25,29). The lowest BCUT2D eigenvalue weighted by Crippen LogP contribution is -2.35. The average Bonchev–Trinajstić information content (AvgIpc) is 3.51. The number of fused-ring (bicyclic) bond motifs is 1. The number of nitrogens with zero attached hydrogens (tertiary/aromatic N) is 3. The first-order chi connectivity index (χ1) is 16.2. The molecular weight excluding hydrogens is 456 g/mol. The number of rotatable bonds is 7. The van der Waals surface area contributed by atoms with Gasteiger partial charge >= 0.3 is 0 Å². The molecule has 3 aromatic heterocycles. The van der Waals surface area contributed by atoms with Crippen LogP contribution in [0.1, 0.15) is 11.1 Å². The first-order valence-electron chi connectivity index (χ1n) is 10.8. The summed E-state index contributed by atoms with van der Waals surface area (Å²) in [5.41, 5.74) is 2.95. The van der Waals surface area contributed by atoms with Crippen LogP contribution in [0.25, 0.3) is 20.7 Å². The first kappa shape index (κ1) is 22.0. The Morgan fingerprint density at radius 3 is 2.79 bits per heavy atom. The molecule has 1 aliphatic heterocycles. The number of hydrogen-bond acceptors (Lipinski definition) is 7. The largest absolute Gasteiger partial charge is 0.379 e. The predicted octanol–water partition coefficient (Wildman–Crippen LogP) is 3.34. The normalized spacial score (nSPS) is 14.5. The maximum Gasteiger partial charge on any atom is 0.263 e. The molecule has 1 saturated heterocycles. The molecule has 33 heavy (non-hydrogen) atoms. The molecule has 9 heteroatoms. The van der Waals surface area contributed by atoms with Crippen LogP contribution in [0, 0.1) is 0 Å². The molecule has 1 fully saturated rings. The summed E-state index contributed by atoms with van der Waals surface area (Å²) in [6, 6.07) is 12.2. The molecule has 170 valence electrons. The molecule has 1 aromatic carbocycles. The summed E-state index contributed by atoms with van der Waals surface area (Å²) in [6.07, 6.45) is 1.46. The second-order valence-electron chi connectivity index (χ2n) is 7.97. The highest BCUT2D eigenvalue weighted by atomic mass is 32.1. The van der Waals surface area contributed by atoms with Gasteiger partial charge in [0, 0.05) is 42.0 Å². The Hall–Kier alpha value is -2.85. The molecule has 1 aliphatic rings. The van der Waals surface area contributed by atoms with E-state index in [-0.39, 0.29) is 18.0 Å². The number of aromatic nitrogens is 2. The van der Waals surface area contributed by atoms with Crippen LogP contribution in [-0.4, -0.2) is 46.7 Å². The molecule has 7 nitrogen and oxygen atoms in total. The lowest BCUT2D eigenvalue weighted by atomic mass is 10.1. The molecule has 0 aliphatic carbocycles. The number of amides is 1. The van der Waals surface area contributed by atoms with Crippen LogP contribution in [0.4, 0.5) is 0 Å². The summed E-state index contributed by atoms with van der Waals surface area (Å²) in [7, 11) is 0. The number of carbonyl (C=O) groups excluding carboxylic acids is 1. The summed E-state index contributed by atoms with van der Waals surface area (Å²) < 4.78 is 6.80. The minimum atomic E-state index is -0.218. The molecule has 0 atom stereocenters. The molecule has 0 saturated carbocycles. The van der Waals surface area contributed by atoms with Crippen molar-refractivity contribution < 1.29 is 9.53 Å². The van der Waals surface area contributed by atoms with E-state index in [1.807, 2.05) is 35.0 Å². The minimum absolute atomic E-state index is 0.0605. The molecule has 0 radical (unpaired) electrons. The Balaban J connectivity index is 1.24. The van der Waals surface area contributed by atoms with E-state index in [1.54, 1.807) is 11.3 Å². The highest BCUT2D eigenvalue weighted by molar-refractivity contribution is 7.18. The van der Waals surface area contributed by atoms with Crippen molar-refractivity contribution in [3.8, 4) is 10.4 Å². The molecule has 4 heterocycles. The van der Waals surface area contributed by atoms with E-state index in [1.165, 1.54) is 27.8 Å². The Morgan fingerprint density at radius 2 is 1.97 bits per heavy atom. The van der Waals surface area contributed by atoms with Gasteiger partial charge in [0.2, 0.25) is 5.91 Å². The molecule has 0 spiro atoms. The highest BCUT2D eigenvalue weighted by Crippen LogP contribution is 2.33. The predicted molar refractivity (Wildman–Crippen MR) is 132 cm³/mol. The summed E-state index contributed by atoms with van der Waals surface area (Å²) in [6.45, 7) is 4.65. The van der Waals surface area contributed by atoms with Gasteiger partial charge in [-0.25, -0.2) is 4.98 Å². The lowest BCUT2D eigenvalue weighted by Gasteiger charge is -2.26. The van der Waals surface area contributed by atoms with Crippen molar-refractivity contribution in [3.05, 3.63) is 75.0 Å². The number of ether oxygens (including phenoxy) is 1. The number of benzene rings is 1. The van der Waals surface area contributed by atoms with Gasteiger partial charge < -0.3 is 10.1 Å². The SMILES string of the molecule is O=C(Cn1cnc2scc(-c3cccs3)c2c1=O)NCc1cccc(CN2CCOCC2)c1. The van der Waals surface area contributed by atoms with Crippen molar-refractivity contribution >= 4 is 38.8 Å². The van der Waals surface area contributed by atoms with Gasteiger partial charge in [-0.15, -0.1) is 22.7 Å². The zero-order valence-electron chi connectivity index (χ0n) is 18.0. The summed E-state index contributed by atoms with van der Waals surface area (Å²) in [4.78, 5) is 34.2. The quantitative estimate of drug-likeness (QED) is 0.439. The van der Waals surface area contributed by atoms with Gasteiger partial charge in [0.15, 0.2) is 0 Å². The number of thiophene rings is 2. The van der Waals surface area contributed by atoms with E-state index >= 15 is 0 Å². The molecular formula is C24H24N4O3S2. The van der Waals surface area contributed by atoms with Crippen molar-refractivity contribution in [1.82, 2.24) is 19.8 Å². The molecule has 0 bridgehead atoms. The highest BCUT2D eigenvalue weighted by Gasteiger charge is 2.15. The minimum Gasteiger partial charge on any atom is -0.379 e. The second kappa shape index (κ2) is 9.96. The van der Waals surface area contributed by atoms with Crippen LogP contribution >= 0.6 is 22.7 Å². The van der Waals surface area contributed by atoms with Crippen LogP contribution in [0.5, 0.6) is 0 Å². The van der Waals surface area contributed by atoms with Crippen LogP contribution in [0.3, 0.4) is 0 Å². The topological polar surface area (TPSA) is 76.5 Å². The fourth-order valence-corrected chi connectivity index (χ4v) is 5.68. The van der Waals surface area contributed by atoms with Gasteiger partial charge in [-0.3, -0.25) is 19.1 Å². The van der Waals surface area contributed by atoms with E-state index < -0.39 is 0 Å². The Morgan fingerprint density at radius 1 is 1.12 bits per heavy atom. The van der Waals surface area contributed by atoms with Gasteiger partial charge in [0.05, 0.1) is 24.9 Å². The van der Waals surface area contributed by atoms with Gasteiger partial charge in [-0.05, 0) is 22.6 Å². The zero-order valence-corrected chi connectivity index (χ0v) is 19.7. The molecule has 0 unspecified atom stereocenters. The summed E-state index contributed by atoms with van der Waals surface area (Å²) in [5.74, 6) is -0.218. The molecule has 1 N–H and O–H groups in total. The monoisotopic (exact) mass is 480 g/mol. The molecule has 1 amide bonds. The van der Waals surface area contributed by atoms with Gasteiger partial charge in [0.25, 0.3) is 5.56 Å². The van der Waals surface area contributed by atoms with Crippen molar-refractivity contribution in [3.63, 3.8) is 0 Å². The number of nitrogens with one attached hydrogen (secondary N) is 1. The van der Waals surface area contributed by atoms with Crippen LogP contribution < -0.4 is 10.9 Å². The zero-order chi connectivity index (χ0) is 22.6. The fourth-order valence-electron chi connectivity index (χ4n) is 3.96. The summed E-state index contributed by atoms with van der Waals surface area (Å²) >= 11 is 3.03. The van der Waals surface area contributed by atoms with Crippen molar-refractivity contribution in [2.45, 2.75) is 19.6 Å². The third kappa shape index (κ3) is 5.06. The van der Waals surface area contributed by atoms with Gasteiger partial charge in [-0.1, -0.05) is 30.3 Å². The number of carbonyl (C=O) groups is 1. The lowest BCUT2D eigenvalue weighted by molar-refractivity contribution is -0.121. The van der Waals surface area contributed by atoms with E-state index in [9.17, 15) is 9.59 Å². The third-order valence-electron chi connectivity index (χ3n) is 5.65. The van der Waals surface area contributed by atoms with Crippen molar-refractivity contribution in [2.75, 3.05) is 26.3 Å². The van der Waals surface area contributed by atoms with Crippen LogP contribution in [-0.2, 0) is 29.2 Å². The Bertz CT molecular complexity index is 1310. The smallest absolute Gasteiger partial charge is 0.263 e. The van der Waals surface area contributed by atoms with E-state index in [2.05, 4.69) is 27.3 Å². The maximum atomic E-state index is 13.1. The molecule has 4 aromatic rings. The molecule has 5 rings (SSSR count). The summed E-state index contributed by atoms with van der Waals surface area (Å²) in [5, 5.41) is 7.45. The van der Waals surface area contributed by atoms with Crippen molar-refractivity contribution in [1.29, 1.82) is 0 Å². The Labute approximate surface area is 199 Å². The number of hydrogen-bond donors (Lipinski definition) is 1. The van der Waals surface area contributed by atoms with E-state index in [0.717, 1.165) is 48.9 Å². The number of morpholine rings is 1. The van der Waals surface area contributed by atoms with Gasteiger partial charge in [0.1, 0.15) is 11.4 Å². The maximum absolute atomic E-state index is 13.1. The van der Waals surface area contributed by atoms with E-state index in [0.29, 0.717) is 16.8 Å². The first-order valence-corrected chi connectivity index (χ1v) is 12.6. The van der Waals surface area contributed by atoms with Crippen LogP contribution in [0.2, 0.25) is 0 Å². The van der Waals surface area contributed by atoms with E-state index in [4.69, 9.17) is 4.74 Å². The van der Waals surface area contributed by atoms with Gasteiger partial charge in [-0.2, -0.15) is 0 Å². The fraction of sp³-hybridized carbons (Fsp3) is 0.292.